The van der Waals surface area contributed by atoms with Gasteiger partial charge in [-0.3, -0.25) is 0 Å². The minimum Gasteiger partial charge on any atom is -0.395 e. The number of aliphatic hydroxyl groups excluding tert-OH is 2. The topological polar surface area (TPSA) is 40.5 Å². The molecule has 0 bridgehead atoms. The molecule has 0 amide bonds. The van der Waals surface area contributed by atoms with Crippen LogP contribution in [0.4, 0.5) is 0 Å². The van der Waals surface area contributed by atoms with Gasteiger partial charge in [-0.05, 0) is 0 Å². The van der Waals surface area contributed by atoms with E-state index in [1.807, 2.05) is 0 Å². The lowest BCUT2D eigenvalue weighted by Gasteiger charge is -2.19. The van der Waals surface area contributed by atoms with Crippen molar-refractivity contribution in [1.29, 1.82) is 0 Å². The Labute approximate surface area is 68.3 Å². The highest BCUT2D eigenvalue weighted by Crippen LogP contribution is 2.28. The van der Waals surface area contributed by atoms with Crippen molar-refractivity contribution in [3.8, 4) is 0 Å². The molecule has 9 heavy (non-hydrogen) atoms. The predicted octanol–water partition coefficient (Wildman–Crippen LogP) is 0.752. The highest BCUT2D eigenvalue weighted by atomic mass is 35.5. The molecule has 5 heteroatoms. The Morgan fingerprint density at radius 3 is 1.89 bits per heavy atom. The Morgan fingerprint density at radius 2 is 1.78 bits per heavy atom. The van der Waals surface area contributed by atoms with Gasteiger partial charge in [0.05, 0.1) is 18.6 Å². The lowest BCUT2D eigenvalue weighted by Crippen LogP contribution is -2.33. The minimum atomic E-state index is -1.43. The number of hydrogen-bond donors (Lipinski definition) is 2. The van der Waals surface area contributed by atoms with Crippen molar-refractivity contribution in [3.63, 3.8) is 0 Å². The van der Waals surface area contributed by atoms with E-state index in [4.69, 9.17) is 45.0 Å². The average molecular weight is 193 g/mol. The number of alkyl halides is 3. The molecule has 0 radical (unpaired) electrons. The second-order valence-corrected chi connectivity index (χ2v) is 3.64. The van der Waals surface area contributed by atoms with Crippen LogP contribution in [0.2, 0.25) is 0 Å². The molecule has 0 aliphatic heterocycles. The lowest BCUT2D eigenvalue weighted by molar-refractivity contribution is 0.236. The van der Waals surface area contributed by atoms with Crippen molar-refractivity contribution >= 4 is 34.8 Å². The summed E-state index contributed by atoms with van der Waals surface area (Å²) >= 11 is 16.2. The maximum Gasteiger partial charge on any atom is 0.159 e. The van der Waals surface area contributed by atoms with Gasteiger partial charge in [-0.25, -0.2) is 0 Å². The van der Waals surface area contributed by atoms with E-state index in [0.717, 1.165) is 0 Å². The third-order valence-electron chi connectivity index (χ3n) is 0.829. The minimum absolute atomic E-state index is 0.352. The summed E-state index contributed by atoms with van der Waals surface area (Å²) in [5, 5.41) is 16.0. The first-order valence-electron chi connectivity index (χ1n) is 2.28. The van der Waals surface area contributed by atoms with Gasteiger partial charge in [-0.1, -0.05) is 23.2 Å². The Kier molecular flexibility index (Phi) is 4.17. The normalized spacial score (nSPS) is 15.7. The van der Waals surface area contributed by atoms with Crippen LogP contribution in [0.25, 0.3) is 0 Å². The van der Waals surface area contributed by atoms with Crippen LogP contribution in [0, 0.1) is 0 Å². The molecule has 1 unspecified atom stereocenters. The molecule has 0 heterocycles. The van der Waals surface area contributed by atoms with E-state index in [1.165, 1.54) is 0 Å². The van der Waals surface area contributed by atoms with Gasteiger partial charge < -0.3 is 10.2 Å². The molecule has 56 valence electrons. The molecular weight excluding hydrogens is 186 g/mol. The highest BCUT2D eigenvalue weighted by molar-refractivity contribution is 6.52. The van der Waals surface area contributed by atoms with Crippen LogP contribution in [0.15, 0.2) is 0 Å². The van der Waals surface area contributed by atoms with Gasteiger partial charge >= 0.3 is 0 Å². The van der Waals surface area contributed by atoms with Gasteiger partial charge in [-0.15, -0.1) is 11.6 Å². The van der Waals surface area contributed by atoms with Crippen molar-refractivity contribution in [3.05, 3.63) is 0 Å². The number of rotatable bonds is 3. The second kappa shape index (κ2) is 3.84. The fourth-order valence-electron chi connectivity index (χ4n) is 0.233. The van der Waals surface area contributed by atoms with Crippen LogP contribution >= 0.6 is 34.8 Å². The molecule has 0 fully saturated rings. The zero-order valence-electron chi connectivity index (χ0n) is 4.52. The van der Waals surface area contributed by atoms with Crippen LogP contribution in [0.1, 0.15) is 0 Å². The van der Waals surface area contributed by atoms with Gasteiger partial charge in [0.2, 0.25) is 0 Å². The Morgan fingerprint density at radius 1 is 1.33 bits per heavy atom. The summed E-state index contributed by atoms with van der Waals surface area (Å²) in [6, 6.07) is 0. The molecule has 0 aromatic carbocycles. The second-order valence-electron chi connectivity index (χ2n) is 1.57. The molecule has 0 aliphatic rings. The van der Waals surface area contributed by atoms with E-state index in [2.05, 4.69) is 0 Å². The Bertz CT molecular complexity index is 85.9. The summed E-state index contributed by atoms with van der Waals surface area (Å²) < 4.78 is -1.43. The first-order chi connectivity index (χ1) is 4.04. The van der Waals surface area contributed by atoms with Crippen molar-refractivity contribution in [2.45, 2.75) is 9.71 Å². The first-order valence-corrected chi connectivity index (χ1v) is 3.47. The third kappa shape index (κ3) is 2.92. The molecule has 0 saturated heterocycles. The van der Waals surface area contributed by atoms with E-state index >= 15 is 0 Å². The maximum absolute atomic E-state index is 8.44. The zero-order valence-corrected chi connectivity index (χ0v) is 6.79. The molecule has 0 aliphatic carbocycles. The number of halogens is 3. The van der Waals surface area contributed by atoms with E-state index in [0.29, 0.717) is 0 Å². The molecule has 2 nitrogen and oxygen atoms in total. The smallest absolute Gasteiger partial charge is 0.159 e. The standard InChI is InChI=1S/C4H7Cl3O2/c5-3(1-8)4(6,7)2-9/h3,8-9H,1-2H2. The molecule has 2 N–H and O–H groups in total. The highest BCUT2D eigenvalue weighted by Gasteiger charge is 2.31. The van der Waals surface area contributed by atoms with E-state index in [1.54, 1.807) is 0 Å². The van der Waals surface area contributed by atoms with E-state index in [-0.39, 0.29) is 6.61 Å². The SMILES string of the molecule is OCC(Cl)C(Cl)(Cl)CO. The molecule has 0 aromatic rings. The quantitative estimate of drug-likeness (QED) is 0.650. The Hall–Kier alpha value is 0.790. The van der Waals surface area contributed by atoms with Crippen LogP contribution in [0.3, 0.4) is 0 Å². The first kappa shape index (κ1) is 9.79. The fraction of sp³-hybridized carbons (Fsp3) is 1.00. The molecule has 0 rings (SSSR count). The number of aliphatic hydroxyl groups is 2. The van der Waals surface area contributed by atoms with Crippen molar-refractivity contribution in [2.24, 2.45) is 0 Å². The molecule has 0 spiro atoms. The summed E-state index contributed by atoms with van der Waals surface area (Å²) in [7, 11) is 0. The monoisotopic (exact) mass is 192 g/mol. The zero-order chi connectivity index (χ0) is 7.49. The van der Waals surface area contributed by atoms with Crippen LogP contribution in [-0.2, 0) is 0 Å². The van der Waals surface area contributed by atoms with Gasteiger partial charge in [-0.2, -0.15) is 0 Å². The lowest BCUT2D eigenvalue weighted by atomic mass is 10.3. The molecular formula is C4H7Cl3O2. The summed E-state index contributed by atoms with van der Waals surface area (Å²) in [4.78, 5) is 0. The third-order valence-corrected chi connectivity index (χ3v) is 2.33. The van der Waals surface area contributed by atoms with Crippen molar-refractivity contribution < 1.29 is 10.2 Å². The largest absolute Gasteiger partial charge is 0.395 e. The molecule has 0 aromatic heterocycles. The average Bonchev–Trinajstić information content (AvgIpc) is 1.86. The summed E-state index contributed by atoms with van der Waals surface area (Å²) in [5.41, 5.74) is 0. The van der Waals surface area contributed by atoms with E-state index in [9.17, 15) is 0 Å². The molecule has 0 saturated carbocycles. The summed E-state index contributed by atoms with van der Waals surface area (Å²) in [6.07, 6.45) is 0. The Balaban J connectivity index is 3.80. The van der Waals surface area contributed by atoms with Gasteiger partial charge in [0.1, 0.15) is 0 Å². The van der Waals surface area contributed by atoms with Crippen LogP contribution < -0.4 is 0 Å². The summed E-state index contributed by atoms with van der Waals surface area (Å²) in [5.74, 6) is 0. The van der Waals surface area contributed by atoms with E-state index < -0.39 is 16.3 Å². The predicted molar refractivity (Wildman–Crippen MR) is 38.2 cm³/mol. The van der Waals surface area contributed by atoms with Crippen LogP contribution in [-0.4, -0.2) is 33.1 Å². The molecule has 1 atom stereocenters. The van der Waals surface area contributed by atoms with Gasteiger partial charge in [0.15, 0.2) is 4.33 Å². The van der Waals surface area contributed by atoms with Gasteiger partial charge in [0.25, 0.3) is 0 Å². The fourth-order valence-corrected chi connectivity index (χ4v) is 0.440. The van der Waals surface area contributed by atoms with Gasteiger partial charge in [0, 0.05) is 0 Å². The number of hydrogen-bond acceptors (Lipinski definition) is 2. The van der Waals surface area contributed by atoms with Crippen LogP contribution in [0.5, 0.6) is 0 Å². The maximum atomic E-state index is 8.44. The van der Waals surface area contributed by atoms with Crippen molar-refractivity contribution in [2.75, 3.05) is 13.2 Å². The summed E-state index contributed by atoms with van der Waals surface area (Å²) in [6.45, 7) is -0.819. The van der Waals surface area contributed by atoms with Crippen molar-refractivity contribution in [1.82, 2.24) is 0 Å².